The van der Waals surface area contributed by atoms with Crippen molar-refractivity contribution in [2.75, 3.05) is 0 Å². The van der Waals surface area contributed by atoms with Gasteiger partial charge in [0.15, 0.2) is 0 Å². The second-order valence-corrected chi connectivity index (χ2v) is 6.07. The van der Waals surface area contributed by atoms with E-state index in [1.54, 1.807) is 0 Å². The smallest absolute Gasteiger partial charge is 0.0323 e. The van der Waals surface area contributed by atoms with Crippen molar-refractivity contribution in [2.45, 2.75) is 58.9 Å². The zero-order valence-corrected chi connectivity index (χ0v) is 12.1. The average Bonchev–Trinajstić information content (AvgIpc) is 2.41. The number of hydrogen-bond donors (Lipinski definition) is 1. The van der Waals surface area contributed by atoms with E-state index in [-0.39, 0.29) is 6.04 Å². The molecule has 1 aromatic rings. The van der Waals surface area contributed by atoms with Gasteiger partial charge in [-0.1, -0.05) is 44.4 Å². The lowest BCUT2D eigenvalue weighted by Crippen LogP contribution is -2.26. The fourth-order valence-corrected chi connectivity index (χ4v) is 3.27. The van der Waals surface area contributed by atoms with Crippen LogP contribution in [0.2, 0.25) is 0 Å². The van der Waals surface area contributed by atoms with Crippen LogP contribution in [0.1, 0.15) is 61.8 Å². The molecule has 3 unspecified atom stereocenters. The molecule has 0 heterocycles. The third-order valence-corrected chi connectivity index (χ3v) is 4.82. The van der Waals surface area contributed by atoms with E-state index in [0.717, 1.165) is 5.92 Å². The summed E-state index contributed by atoms with van der Waals surface area (Å²) in [6, 6.07) is 6.96. The van der Waals surface area contributed by atoms with E-state index in [1.807, 2.05) is 0 Å². The molecule has 1 nitrogen and oxygen atoms in total. The van der Waals surface area contributed by atoms with Crippen LogP contribution in [-0.2, 0) is 0 Å². The number of aryl methyl sites for hydroxylation is 2. The van der Waals surface area contributed by atoms with E-state index in [9.17, 15) is 0 Å². The Kier molecular flexibility index (Phi) is 4.45. The van der Waals surface area contributed by atoms with Gasteiger partial charge in [0, 0.05) is 6.04 Å². The Bertz CT molecular complexity index is 397. The molecule has 18 heavy (non-hydrogen) atoms. The van der Waals surface area contributed by atoms with Gasteiger partial charge in [-0.15, -0.1) is 0 Å². The fourth-order valence-electron chi connectivity index (χ4n) is 3.27. The summed E-state index contributed by atoms with van der Waals surface area (Å²) in [4.78, 5) is 0. The maximum absolute atomic E-state index is 6.51. The van der Waals surface area contributed by atoms with Crippen LogP contribution >= 0.6 is 0 Å². The first kappa shape index (κ1) is 13.6. The molecule has 0 aromatic heterocycles. The molecule has 0 bridgehead atoms. The molecule has 1 saturated carbocycles. The summed E-state index contributed by atoms with van der Waals surface area (Å²) in [5.74, 6) is 1.59. The second-order valence-electron chi connectivity index (χ2n) is 6.07. The van der Waals surface area contributed by atoms with Crippen molar-refractivity contribution in [2.24, 2.45) is 17.6 Å². The molecule has 1 fully saturated rings. The highest BCUT2D eigenvalue weighted by atomic mass is 14.7. The minimum Gasteiger partial charge on any atom is -0.324 e. The van der Waals surface area contributed by atoms with Crippen LogP contribution < -0.4 is 5.73 Å². The summed E-state index contributed by atoms with van der Waals surface area (Å²) < 4.78 is 0. The van der Waals surface area contributed by atoms with E-state index in [1.165, 1.54) is 48.8 Å². The van der Waals surface area contributed by atoms with Crippen molar-refractivity contribution < 1.29 is 0 Å². The van der Waals surface area contributed by atoms with E-state index >= 15 is 0 Å². The topological polar surface area (TPSA) is 26.0 Å². The highest BCUT2D eigenvalue weighted by Crippen LogP contribution is 2.37. The van der Waals surface area contributed by atoms with Crippen LogP contribution in [0.15, 0.2) is 18.2 Å². The summed E-state index contributed by atoms with van der Waals surface area (Å²) in [6.45, 7) is 6.66. The largest absolute Gasteiger partial charge is 0.324 e. The van der Waals surface area contributed by atoms with Crippen LogP contribution in [0.4, 0.5) is 0 Å². The molecule has 2 N–H and O–H groups in total. The van der Waals surface area contributed by atoms with Crippen molar-refractivity contribution in [3.8, 4) is 0 Å². The monoisotopic (exact) mass is 245 g/mol. The van der Waals surface area contributed by atoms with E-state index < -0.39 is 0 Å². The lowest BCUT2D eigenvalue weighted by Gasteiger charge is -2.32. The van der Waals surface area contributed by atoms with Crippen LogP contribution in [-0.4, -0.2) is 0 Å². The Morgan fingerprint density at radius 3 is 2.67 bits per heavy atom. The van der Waals surface area contributed by atoms with Crippen molar-refractivity contribution in [1.82, 2.24) is 0 Å². The van der Waals surface area contributed by atoms with Crippen LogP contribution in [0.5, 0.6) is 0 Å². The number of nitrogens with two attached hydrogens (primary N) is 1. The van der Waals surface area contributed by atoms with Crippen molar-refractivity contribution >= 4 is 0 Å². The van der Waals surface area contributed by atoms with Crippen LogP contribution in [0, 0.1) is 25.7 Å². The van der Waals surface area contributed by atoms with Gasteiger partial charge in [-0.25, -0.2) is 0 Å². The Labute approximate surface area is 112 Å². The van der Waals surface area contributed by atoms with Crippen molar-refractivity contribution in [3.63, 3.8) is 0 Å². The van der Waals surface area contributed by atoms with Gasteiger partial charge in [0.25, 0.3) is 0 Å². The van der Waals surface area contributed by atoms with E-state index in [0.29, 0.717) is 5.92 Å². The Morgan fingerprint density at radius 1 is 1.22 bits per heavy atom. The standard InChI is InChI=1S/C17H27N/c1-4-14-6-5-7-15(11-14)17(18)16-9-8-12(2)13(3)10-16/h8-10,14-15,17H,4-7,11,18H2,1-3H3. The highest BCUT2D eigenvalue weighted by molar-refractivity contribution is 5.31. The van der Waals surface area contributed by atoms with Gasteiger partial charge in [0.1, 0.15) is 0 Å². The molecule has 1 aromatic carbocycles. The Balaban J connectivity index is 2.10. The summed E-state index contributed by atoms with van der Waals surface area (Å²) in [6.07, 6.45) is 6.72. The first-order valence-corrected chi connectivity index (χ1v) is 7.44. The summed E-state index contributed by atoms with van der Waals surface area (Å²) in [5, 5.41) is 0. The SMILES string of the molecule is CCC1CCCC(C(N)c2ccc(C)c(C)c2)C1. The second kappa shape index (κ2) is 5.88. The molecule has 0 radical (unpaired) electrons. The van der Waals surface area contributed by atoms with Gasteiger partial charge < -0.3 is 5.73 Å². The molecule has 0 aliphatic heterocycles. The Hall–Kier alpha value is -0.820. The minimum absolute atomic E-state index is 0.235. The maximum atomic E-state index is 6.51. The number of benzene rings is 1. The summed E-state index contributed by atoms with van der Waals surface area (Å²) >= 11 is 0. The maximum Gasteiger partial charge on any atom is 0.0323 e. The van der Waals surface area contributed by atoms with Gasteiger partial charge in [0.05, 0.1) is 0 Å². The summed E-state index contributed by atoms with van der Waals surface area (Å²) in [5.41, 5.74) is 10.6. The van der Waals surface area contributed by atoms with Crippen molar-refractivity contribution in [1.29, 1.82) is 0 Å². The molecule has 1 heteroatoms. The molecule has 1 aliphatic carbocycles. The first-order valence-electron chi connectivity index (χ1n) is 7.44. The van der Waals surface area contributed by atoms with Crippen LogP contribution in [0.3, 0.4) is 0 Å². The molecule has 1 aliphatic rings. The molecule has 0 spiro atoms. The minimum atomic E-state index is 0.235. The normalized spacial score (nSPS) is 26.0. The van der Waals surface area contributed by atoms with Gasteiger partial charge in [0.2, 0.25) is 0 Å². The predicted molar refractivity (Wildman–Crippen MR) is 78.6 cm³/mol. The van der Waals surface area contributed by atoms with E-state index in [4.69, 9.17) is 5.73 Å². The lowest BCUT2D eigenvalue weighted by atomic mass is 9.75. The fraction of sp³-hybridized carbons (Fsp3) is 0.647. The Morgan fingerprint density at radius 2 is 2.00 bits per heavy atom. The first-order chi connectivity index (χ1) is 8.61. The zero-order valence-electron chi connectivity index (χ0n) is 12.1. The van der Waals surface area contributed by atoms with Gasteiger partial charge in [-0.3, -0.25) is 0 Å². The highest BCUT2D eigenvalue weighted by Gasteiger charge is 2.26. The molecule has 0 saturated heterocycles. The lowest BCUT2D eigenvalue weighted by molar-refractivity contribution is 0.230. The quantitative estimate of drug-likeness (QED) is 0.832. The summed E-state index contributed by atoms with van der Waals surface area (Å²) in [7, 11) is 0. The zero-order chi connectivity index (χ0) is 13.1. The molecule has 2 rings (SSSR count). The van der Waals surface area contributed by atoms with Gasteiger partial charge in [-0.2, -0.15) is 0 Å². The van der Waals surface area contributed by atoms with Gasteiger partial charge >= 0.3 is 0 Å². The average molecular weight is 245 g/mol. The molecular weight excluding hydrogens is 218 g/mol. The van der Waals surface area contributed by atoms with Crippen molar-refractivity contribution in [3.05, 3.63) is 34.9 Å². The third-order valence-electron chi connectivity index (χ3n) is 4.82. The van der Waals surface area contributed by atoms with Crippen LogP contribution in [0.25, 0.3) is 0 Å². The molecular formula is C17H27N. The predicted octanol–water partition coefficient (Wildman–Crippen LogP) is 4.52. The number of hydrogen-bond acceptors (Lipinski definition) is 1. The third kappa shape index (κ3) is 2.95. The molecule has 100 valence electrons. The number of rotatable bonds is 3. The molecule has 3 atom stereocenters. The van der Waals surface area contributed by atoms with E-state index in [2.05, 4.69) is 39.0 Å². The molecule has 0 amide bonds. The van der Waals surface area contributed by atoms with Gasteiger partial charge in [-0.05, 0) is 55.2 Å².